The van der Waals surface area contributed by atoms with Crippen molar-refractivity contribution in [3.63, 3.8) is 0 Å². The van der Waals surface area contributed by atoms with Crippen molar-refractivity contribution >= 4 is 5.82 Å². The van der Waals surface area contributed by atoms with Gasteiger partial charge in [0.2, 0.25) is 5.88 Å². The molecular weight excluding hydrogens is 228 g/mol. The minimum Gasteiger partial charge on any atom is -0.481 e. The molecule has 0 aliphatic rings. The van der Waals surface area contributed by atoms with Crippen molar-refractivity contribution < 1.29 is 4.74 Å². The molecule has 0 radical (unpaired) electrons. The maximum absolute atomic E-state index is 5.03. The second kappa shape index (κ2) is 5.44. The number of ether oxygens (including phenoxy) is 1. The van der Waals surface area contributed by atoms with Crippen LogP contribution in [-0.2, 0) is 0 Å². The van der Waals surface area contributed by atoms with E-state index >= 15 is 0 Å². The van der Waals surface area contributed by atoms with Gasteiger partial charge >= 0.3 is 0 Å². The van der Waals surface area contributed by atoms with Crippen LogP contribution in [0.1, 0.15) is 12.6 Å². The van der Waals surface area contributed by atoms with E-state index in [4.69, 9.17) is 4.74 Å². The molecule has 0 aliphatic heterocycles. The zero-order chi connectivity index (χ0) is 13.0. The van der Waals surface area contributed by atoms with Gasteiger partial charge in [-0.05, 0) is 19.9 Å². The van der Waals surface area contributed by atoms with E-state index in [0.717, 1.165) is 23.6 Å². The third kappa shape index (κ3) is 2.74. The normalized spacial score (nSPS) is 10.2. The third-order valence-electron chi connectivity index (χ3n) is 2.42. The van der Waals surface area contributed by atoms with Gasteiger partial charge in [-0.2, -0.15) is 0 Å². The average molecular weight is 244 g/mol. The first kappa shape index (κ1) is 12.3. The molecular formula is C13H16N4O. The van der Waals surface area contributed by atoms with Gasteiger partial charge in [0.25, 0.3) is 0 Å². The Kier molecular flexibility index (Phi) is 3.72. The van der Waals surface area contributed by atoms with E-state index in [1.165, 1.54) is 0 Å². The van der Waals surface area contributed by atoms with E-state index in [9.17, 15) is 0 Å². The largest absolute Gasteiger partial charge is 0.481 e. The SMILES string of the molecule is CCNc1cc(C)nc(-c2ccc(OC)nc2)n1. The Bertz CT molecular complexity index is 525. The van der Waals surface area contributed by atoms with Gasteiger partial charge in [-0.15, -0.1) is 0 Å². The lowest BCUT2D eigenvalue weighted by Crippen LogP contribution is -2.02. The predicted octanol–water partition coefficient (Wildman–Crippen LogP) is 2.29. The number of nitrogens with zero attached hydrogens (tertiary/aromatic N) is 3. The molecule has 0 unspecified atom stereocenters. The van der Waals surface area contributed by atoms with E-state index < -0.39 is 0 Å². The summed E-state index contributed by atoms with van der Waals surface area (Å²) in [6.07, 6.45) is 1.71. The van der Waals surface area contributed by atoms with Gasteiger partial charge in [0, 0.05) is 36.1 Å². The summed E-state index contributed by atoms with van der Waals surface area (Å²) >= 11 is 0. The smallest absolute Gasteiger partial charge is 0.212 e. The number of methoxy groups -OCH3 is 1. The maximum Gasteiger partial charge on any atom is 0.212 e. The Morgan fingerprint density at radius 2 is 2.11 bits per heavy atom. The van der Waals surface area contributed by atoms with Gasteiger partial charge in [0.15, 0.2) is 5.82 Å². The molecule has 0 saturated heterocycles. The molecule has 2 aromatic heterocycles. The fourth-order valence-corrected chi connectivity index (χ4v) is 1.60. The number of anilines is 1. The average Bonchev–Trinajstić information content (AvgIpc) is 2.38. The molecule has 0 atom stereocenters. The number of aryl methyl sites for hydroxylation is 1. The number of hydrogen-bond donors (Lipinski definition) is 1. The lowest BCUT2D eigenvalue weighted by Gasteiger charge is -2.07. The molecule has 0 fully saturated rings. The fraction of sp³-hybridized carbons (Fsp3) is 0.308. The van der Waals surface area contributed by atoms with Crippen LogP contribution in [0.15, 0.2) is 24.4 Å². The van der Waals surface area contributed by atoms with E-state index in [0.29, 0.717) is 11.7 Å². The molecule has 0 aliphatic carbocycles. The van der Waals surface area contributed by atoms with Crippen LogP contribution in [0.25, 0.3) is 11.4 Å². The maximum atomic E-state index is 5.03. The molecule has 5 nitrogen and oxygen atoms in total. The molecule has 2 heterocycles. The Morgan fingerprint density at radius 3 is 2.72 bits per heavy atom. The van der Waals surface area contributed by atoms with Crippen molar-refractivity contribution in [3.8, 4) is 17.3 Å². The van der Waals surface area contributed by atoms with Gasteiger partial charge in [0.1, 0.15) is 5.82 Å². The van der Waals surface area contributed by atoms with Crippen LogP contribution in [0.5, 0.6) is 5.88 Å². The van der Waals surface area contributed by atoms with Crippen LogP contribution in [-0.4, -0.2) is 28.6 Å². The zero-order valence-corrected chi connectivity index (χ0v) is 10.8. The zero-order valence-electron chi connectivity index (χ0n) is 10.8. The van der Waals surface area contributed by atoms with Crippen LogP contribution in [0.2, 0.25) is 0 Å². The summed E-state index contributed by atoms with van der Waals surface area (Å²) in [7, 11) is 1.59. The predicted molar refractivity (Wildman–Crippen MR) is 70.7 cm³/mol. The molecule has 0 aromatic carbocycles. The molecule has 0 amide bonds. The second-order valence-electron chi connectivity index (χ2n) is 3.84. The van der Waals surface area contributed by atoms with Crippen molar-refractivity contribution in [3.05, 3.63) is 30.1 Å². The van der Waals surface area contributed by atoms with Crippen molar-refractivity contribution in [1.82, 2.24) is 15.0 Å². The van der Waals surface area contributed by atoms with Gasteiger partial charge in [0.05, 0.1) is 7.11 Å². The summed E-state index contributed by atoms with van der Waals surface area (Å²) in [4.78, 5) is 13.0. The summed E-state index contributed by atoms with van der Waals surface area (Å²) in [6.45, 7) is 4.81. The number of rotatable bonds is 4. The topological polar surface area (TPSA) is 59.9 Å². The first-order chi connectivity index (χ1) is 8.72. The quantitative estimate of drug-likeness (QED) is 0.894. The van der Waals surface area contributed by atoms with E-state index in [-0.39, 0.29) is 0 Å². The summed E-state index contributed by atoms with van der Waals surface area (Å²) in [5, 5.41) is 3.18. The molecule has 5 heteroatoms. The van der Waals surface area contributed by atoms with E-state index in [2.05, 4.69) is 20.3 Å². The number of nitrogens with one attached hydrogen (secondary N) is 1. The molecule has 0 spiro atoms. The highest BCUT2D eigenvalue weighted by molar-refractivity contribution is 5.56. The standard InChI is InChI=1S/C13H16N4O/c1-4-14-11-7-9(2)16-13(17-11)10-5-6-12(18-3)15-8-10/h5-8H,4H2,1-3H3,(H,14,16,17). The van der Waals surface area contributed by atoms with E-state index in [1.54, 1.807) is 19.4 Å². The van der Waals surface area contributed by atoms with Gasteiger partial charge in [-0.25, -0.2) is 15.0 Å². The first-order valence-corrected chi connectivity index (χ1v) is 5.83. The van der Waals surface area contributed by atoms with Gasteiger partial charge < -0.3 is 10.1 Å². The molecule has 2 aromatic rings. The van der Waals surface area contributed by atoms with Crippen LogP contribution < -0.4 is 10.1 Å². The Hall–Kier alpha value is -2.17. The van der Waals surface area contributed by atoms with E-state index in [1.807, 2.05) is 26.0 Å². The highest BCUT2D eigenvalue weighted by Gasteiger charge is 2.05. The molecule has 18 heavy (non-hydrogen) atoms. The Labute approximate surface area is 106 Å². The third-order valence-corrected chi connectivity index (χ3v) is 2.42. The van der Waals surface area contributed by atoms with Gasteiger partial charge in [-0.3, -0.25) is 0 Å². The summed E-state index contributed by atoms with van der Waals surface area (Å²) < 4.78 is 5.03. The number of pyridine rings is 1. The second-order valence-corrected chi connectivity index (χ2v) is 3.84. The lowest BCUT2D eigenvalue weighted by molar-refractivity contribution is 0.398. The van der Waals surface area contributed by atoms with Gasteiger partial charge in [-0.1, -0.05) is 0 Å². The van der Waals surface area contributed by atoms with Crippen LogP contribution in [0, 0.1) is 6.92 Å². The van der Waals surface area contributed by atoms with Crippen molar-refractivity contribution in [2.45, 2.75) is 13.8 Å². The number of hydrogen-bond acceptors (Lipinski definition) is 5. The van der Waals surface area contributed by atoms with Crippen LogP contribution >= 0.6 is 0 Å². The van der Waals surface area contributed by atoms with Crippen LogP contribution in [0.4, 0.5) is 5.82 Å². The molecule has 94 valence electrons. The summed E-state index contributed by atoms with van der Waals surface area (Å²) in [5.74, 6) is 2.08. The molecule has 0 saturated carbocycles. The monoisotopic (exact) mass is 244 g/mol. The molecule has 2 rings (SSSR count). The highest BCUT2D eigenvalue weighted by Crippen LogP contribution is 2.18. The Morgan fingerprint density at radius 1 is 1.28 bits per heavy atom. The molecule has 0 bridgehead atoms. The number of aromatic nitrogens is 3. The molecule has 1 N–H and O–H groups in total. The fourth-order valence-electron chi connectivity index (χ4n) is 1.60. The summed E-state index contributed by atoms with van der Waals surface area (Å²) in [6, 6.07) is 5.62. The minimum atomic E-state index is 0.582. The Balaban J connectivity index is 2.36. The minimum absolute atomic E-state index is 0.582. The lowest BCUT2D eigenvalue weighted by atomic mass is 10.2. The van der Waals surface area contributed by atoms with Crippen molar-refractivity contribution in [2.24, 2.45) is 0 Å². The van der Waals surface area contributed by atoms with Crippen molar-refractivity contribution in [1.29, 1.82) is 0 Å². The first-order valence-electron chi connectivity index (χ1n) is 5.83. The summed E-state index contributed by atoms with van der Waals surface area (Å²) in [5.41, 5.74) is 1.80. The van der Waals surface area contributed by atoms with Crippen molar-refractivity contribution in [2.75, 3.05) is 19.0 Å². The highest BCUT2D eigenvalue weighted by atomic mass is 16.5. The van der Waals surface area contributed by atoms with Crippen LogP contribution in [0.3, 0.4) is 0 Å².